The van der Waals surface area contributed by atoms with Crippen LogP contribution in [0.3, 0.4) is 0 Å². The van der Waals surface area contributed by atoms with Gasteiger partial charge in [-0.05, 0) is 26.2 Å². The molecule has 1 fully saturated rings. The Balaban J connectivity index is 2.13. The minimum absolute atomic E-state index is 0.628. The molecule has 0 aromatic carbocycles. The number of nitrogens with zero attached hydrogens (tertiary/aromatic N) is 3. The molecule has 2 rings (SSSR count). The van der Waals surface area contributed by atoms with Crippen LogP contribution in [0.4, 0.5) is 11.8 Å². The molecule has 0 unspecified atom stereocenters. The lowest BCUT2D eigenvalue weighted by atomic mass is 10.3. The number of anilines is 2. The first-order valence-electron chi connectivity index (χ1n) is 7.09. The average Bonchev–Trinajstić information content (AvgIpc) is 3.21. The predicted octanol–water partition coefficient (Wildman–Crippen LogP) is 2.22. The zero-order valence-electron chi connectivity index (χ0n) is 12.1. The highest BCUT2D eigenvalue weighted by Gasteiger charge is 2.30. The number of aryl methyl sites for hydroxylation is 1. The van der Waals surface area contributed by atoms with Gasteiger partial charge >= 0.3 is 0 Å². The van der Waals surface area contributed by atoms with Crippen LogP contribution in [-0.2, 0) is 4.74 Å². The Morgan fingerprint density at radius 3 is 2.84 bits per heavy atom. The number of nitrogens with one attached hydrogen (secondary N) is 1. The molecule has 0 amide bonds. The van der Waals surface area contributed by atoms with Crippen LogP contribution in [0.15, 0.2) is 6.07 Å². The van der Waals surface area contributed by atoms with E-state index in [1.807, 2.05) is 6.92 Å². The number of rotatable bonds is 8. The highest BCUT2D eigenvalue weighted by atomic mass is 16.5. The molecule has 1 heterocycles. The predicted molar refractivity (Wildman–Crippen MR) is 77.8 cm³/mol. The van der Waals surface area contributed by atoms with E-state index >= 15 is 0 Å². The molecule has 0 saturated heterocycles. The molecule has 0 spiro atoms. The smallest absolute Gasteiger partial charge is 0.224 e. The highest BCUT2D eigenvalue weighted by molar-refractivity contribution is 5.46. The van der Waals surface area contributed by atoms with Gasteiger partial charge in [-0.15, -0.1) is 0 Å². The monoisotopic (exact) mass is 264 g/mol. The van der Waals surface area contributed by atoms with E-state index in [1.165, 1.54) is 12.8 Å². The summed E-state index contributed by atoms with van der Waals surface area (Å²) in [6, 6.07) is 2.69. The molecule has 1 saturated carbocycles. The molecule has 1 aromatic heterocycles. The zero-order chi connectivity index (χ0) is 13.7. The van der Waals surface area contributed by atoms with E-state index in [-0.39, 0.29) is 0 Å². The number of ether oxygens (including phenoxy) is 1. The quantitative estimate of drug-likeness (QED) is 0.780. The first kappa shape index (κ1) is 14.1. The van der Waals surface area contributed by atoms with Crippen molar-refractivity contribution in [3.63, 3.8) is 0 Å². The Morgan fingerprint density at radius 1 is 1.42 bits per heavy atom. The normalized spacial score (nSPS) is 14.5. The number of hydrogen-bond donors (Lipinski definition) is 1. The maximum Gasteiger partial charge on any atom is 0.224 e. The van der Waals surface area contributed by atoms with E-state index in [1.54, 1.807) is 7.11 Å². The zero-order valence-corrected chi connectivity index (χ0v) is 12.1. The second-order valence-corrected chi connectivity index (χ2v) is 5.04. The van der Waals surface area contributed by atoms with Crippen molar-refractivity contribution in [2.45, 2.75) is 39.2 Å². The Morgan fingerprint density at radius 2 is 2.21 bits per heavy atom. The fourth-order valence-corrected chi connectivity index (χ4v) is 2.07. The van der Waals surface area contributed by atoms with Gasteiger partial charge in [-0.1, -0.05) is 6.92 Å². The Kier molecular flexibility index (Phi) is 4.96. The van der Waals surface area contributed by atoms with Gasteiger partial charge in [-0.25, -0.2) is 4.98 Å². The van der Waals surface area contributed by atoms with Gasteiger partial charge in [-0.2, -0.15) is 4.98 Å². The van der Waals surface area contributed by atoms with Crippen molar-refractivity contribution in [1.82, 2.24) is 9.97 Å². The number of aromatic nitrogens is 2. The summed E-state index contributed by atoms with van der Waals surface area (Å²) in [5.41, 5.74) is 1.01. The first-order chi connectivity index (χ1) is 9.24. The minimum atomic E-state index is 0.628. The molecule has 0 bridgehead atoms. The van der Waals surface area contributed by atoms with E-state index < -0.39 is 0 Å². The number of hydrogen-bond acceptors (Lipinski definition) is 5. The molecular formula is C14H24N4O. The molecule has 1 aliphatic carbocycles. The highest BCUT2D eigenvalue weighted by Crippen LogP contribution is 2.31. The van der Waals surface area contributed by atoms with E-state index in [0.29, 0.717) is 6.04 Å². The molecule has 1 N–H and O–H groups in total. The second-order valence-electron chi connectivity index (χ2n) is 5.04. The van der Waals surface area contributed by atoms with Crippen molar-refractivity contribution in [2.24, 2.45) is 0 Å². The largest absolute Gasteiger partial charge is 0.383 e. The molecule has 5 heteroatoms. The van der Waals surface area contributed by atoms with Crippen molar-refractivity contribution in [2.75, 3.05) is 37.0 Å². The summed E-state index contributed by atoms with van der Waals surface area (Å²) in [5, 5.41) is 3.27. The Bertz CT molecular complexity index is 406. The van der Waals surface area contributed by atoms with Crippen LogP contribution in [0.1, 0.15) is 31.9 Å². The molecule has 106 valence electrons. The van der Waals surface area contributed by atoms with Crippen molar-refractivity contribution in [1.29, 1.82) is 0 Å². The minimum Gasteiger partial charge on any atom is -0.383 e. The summed E-state index contributed by atoms with van der Waals surface area (Å²) >= 11 is 0. The number of methoxy groups -OCH3 is 1. The van der Waals surface area contributed by atoms with Crippen LogP contribution in [-0.4, -0.2) is 42.8 Å². The van der Waals surface area contributed by atoms with E-state index in [2.05, 4.69) is 33.2 Å². The first-order valence-corrected chi connectivity index (χ1v) is 7.09. The van der Waals surface area contributed by atoms with Crippen LogP contribution in [0, 0.1) is 6.92 Å². The van der Waals surface area contributed by atoms with Gasteiger partial charge in [0.15, 0.2) is 0 Å². The van der Waals surface area contributed by atoms with E-state index in [4.69, 9.17) is 4.74 Å². The van der Waals surface area contributed by atoms with Crippen molar-refractivity contribution < 1.29 is 4.74 Å². The van der Waals surface area contributed by atoms with Crippen LogP contribution in [0.5, 0.6) is 0 Å². The second kappa shape index (κ2) is 6.70. The van der Waals surface area contributed by atoms with Gasteiger partial charge < -0.3 is 15.0 Å². The Hall–Kier alpha value is -1.36. The summed E-state index contributed by atoms with van der Waals surface area (Å²) in [4.78, 5) is 11.4. The van der Waals surface area contributed by atoms with E-state index in [0.717, 1.165) is 43.6 Å². The molecule has 0 atom stereocenters. The van der Waals surface area contributed by atoms with Crippen LogP contribution < -0.4 is 10.2 Å². The molecule has 1 aromatic rings. The van der Waals surface area contributed by atoms with E-state index in [9.17, 15) is 0 Å². The van der Waals surface area contributed by atoms with Gasteiger partial charge in [0.05, 0.1) is 6.61 Å². The summed E-state index contributed by atoms with van der Waals surface area (Å²) in [6.45, 7) is 6.69. The van der Waals surface area contributed by atoms with Crippen molar-refractivity contribution in [3.05, 3.63) is 11.8 Å². The van der Waals surface area contributed by atoms with Crippen molar-refractivity contribution >= 4 is 11.8 Å². The average molecular weight is 264 g/mol. The van der Waals surface area contributed by atoms with Crippen molar-refractivity contribution in [3.8, 4) is 0 Å². The standard InChI is InChI=1S/C14H24N4O/c1-4-7-15-14-16-11(2)10-13(17-14)18(8-9-19-3)12-5-6-12/h10,12H,4-9H2,1-3H3,(H,15,16,17). The lowest BCUT2D eigenvalue weighted by Crippen LogP contribution is -2.30. The van der Waals surface area contributed by atoms with Gasteiger partial charge in [0.2, 0.25) is 5.95 Å². The Labute approximate surface area is 115 Å². The van der Waals surface area contributed by atoms with Gasteiger partial charge in [-0.3, -0.25) is 0 Å². The van der Waals surface area contributed by atoms with Gasteiger partial charge in [0, 0.05) is 38.0 Å². The van der Waals surface area contributed by atoms with Gasteiger partial charge in [0.1, 0.15) is 5.82 Å². The van der Waals surface area contributed by atoms with Crippen LogP contribution in [0.25, 0.3) is 0 Å². The van der Waals surface area contributed by atoms with Crippen LogP contribution in [0.2, 0.25) is 0 Å². The maximum atomic E-state index is 5.20. The summed E-state index contributed by atoms with van der Waals surface area (Å²) in [5.74, 6) is 1.76. The summed E-state index contributed by atoms with van der Waals surface area (Å²) in [6.07, 6.45) is 3.58. The molecule has 0 aliphatic heterocycles. The summed E-state index contributed by atoms with van der Waals surface area (Å²) < 4.78 is 5.20. The molecular weight excluding hydrogens is 240 g/mol. The fourth-order valence-electron chi connectivity index (χ4n) is 2.07. The van der Waals surface area contributed by atoms with Crippen LogP contribution >= 0.6 is 0 Å². The fraction of sp³-hybridized carbons (Fsp3) is 0.714. The van der Waals surface area contributed by atoms with Gasteiger partial charge in [0.25, 0.3) is 0 Å². The lowest BCUT2D eigenvalue weighted by molar-refractivity contribution is 0.204. The topological polar surface area (TPSA) is 50.3 Å². The third kappa shape index (κ3) is 4.06. The lowest BCUT2D eigenvalue weighted by Gasteiger charge is -2.23. The maximum absolute atomic E-state index is 5.20. The molecule has 5 nitrogen and oxygen atoms in total. The third-order valence-corrected chi connectivity index (χ3v) is 3.19. The molecule has 19 heavy (non-hydrogen) atoms. The third-order valence-electron chi connectivity index (χ3n) is 3.19. The SMILES string of the molecule is CCCNc1nc(C)cc(N(CCOC)C2CC2)n1. The summed E-state index contributed by atoms with van der Waals surface area (Å²) in [7, 11) is 1.74. The molecule has 1 aliphatic rings. The molecule has 0 radical (unpaired) electrons.